The molecule has 4 nitrogen and oxygen atoms in total. The summed E-state index contributed by atoms with van der Waals surface area (Å²) in [6.07, 6.45) is 1.40. The molecule has 0 fully saturated rings. The van der Waals surface area contributed by atoms with Gasteiger partial charge in [-0.05, 0) is 37.6 Å². The van der Waals surface area contributed by atoms with E-state index in [9.17, 15) is 4.79 Å². The van der Waals surface area contributed by atoms with Crippen LogP contribution in [0.2, 0.25) is 0 Å². The highest BCUT2D eigenvalue weighted by Crippen LogP contribution is 2.09. The number of nitrogens with two attached hydrogens (primary N) is 1. The van der Waals surface area contributed by atoms with Crippen molar-refractivity contribution >= 4 is 28.8 Å². The molecular weight excluding hydrogens is 258 g/mol. The highest BCUT2D eigenvalue weighted by atomic mass is 32.1. The zero-order valence-electron chi connectivity index (χ0n) is 11.4. The molecule has 1 rings (SSSR count). The number of thiocarbonyl (C=S) groups is 1. The molecule has 104 valence electrons. The lowest BCUT2D eigenvalue weighted by Crippen LogP contribution is -2.32. The number of hydrogen-bond donors (Lipinski definition) is 3. The minimum absolute atomic E-state index is 0.0709. The molecule has 1 amide bonds. The van der Waals surface area contributed by atoms with Crippen LogP contribution in [-0.2, 0) is 4.79 Å². The molecule has 4 N–H and O–H groups in total. The van der Waals surface area contributed by atoms with Crippen molar-refractivity contribution in [3.63, 3.8) is 0 Å². The molecule has 1 aromatic rings. The van der Waals surface area contributed by atoms with Gasteiger partial charge in [0, 0.05) is 30.3 Å². The molecule has 19 heavy (non-hydrogen) atoms. The average Bonchev–Trinajstić information content (AvgIpc) is 2.39. The van der Waals surface area contributed by atoms with E-state index in [0.717, 1.165) is 17.7 Å². The van der Waals surface area contributed by atoms with Gasteiger partial charge in [0.1, 0.15) is 4.99 Å². The molecule has 1 unspecified atom stereocenters. The quantitative estimate of drug-likeness (QED) is 0.668. The third-order valence-electron chi connectivity index (χ3n) is 2.87. The maximum atomic E-state index is 11.6. The molecule has 0 radical (unpaired) electrons. The number of carbonyl (C=O) groups is 1. The van der Waals surface area contributed by atoms with Crippen molar-refractivity contribution in [2.45, 2.75) is 32.7 Å². The van der Waals surface area contributed by atoms with Crippen LogP contribution in [0.5, 0.6) is 0 Å². The fraction of sp³-hybridized carbons (Fsp3) is 0.429. The summed E-state index contributed by atoms with van der Waals surface area (Å²) in [6.45, 7) is 4.65. The Morgan fingerprint density at radius 2 is 2.00 bits per heavy atom. The first-order valence-electron chi connectivity index (χ1n) is 6.46. The Morgan fingerprint density at radius 3 is 2.53 bits per heavy atom. The van der Waals surface area contributed by atoms with Gasteiger partial charge < -0.3 is 16.4 Å². The Bertz CT molecular complexity index is 431. The summed E-state index contributed by atoms with van der Waals surface area (Å²) in [6, 6.07) is 7.77. The van der Waals surface area contributed by atoms with Gasteiger partial charge in [0.2, 0.25) is 5.91 Å². The molecule has 0 spiro atoms. The van der Waals surface area contributed by atoms with Crippen molar-refractivity contribution < 1.29 is 4.79 Å². The lowest BCUT2D eigenvalue weighted by Gasteiger charge is -2.12. The summed E-state index contributed by atoms with van der Waals surface area (Å²) in [7, 11) is 0. The van der Waals surface area contributed by atoms with Gasteiger partial charge in [-0.3, -0.25) is 4.79 Å². The molecule has 1 aromatic carbocycles. The summed E-state index contributed by atoms with van der Waals surface area (Å²) in [5.41, 5.74) is 7.32. The van der Waals surface area contributed by atoms with Crippen LogP contribution in [0.1, 0.15) is 32.3 Å². The minimum Gasteiger partial charge on any atom is -0.389 e. The number of benzene rings is 1. The second kappa shape index (κ2) is 7.74. The SMILES string of the molecule is CCC(C)NC(=O)CCNc1ccc(C(N)=S)cc1. The van der Waals surface area contributed by atoms with E-state index in [4.69, 9.17) is 18.0 Å². The van der Waals surface area contributed by atoms with Crippen LogP contribution in [0.15, 0.2) is 24.3 Å². The van der Waals surface area contributed by atoms with E-state index < -0.39 is 0 Å². The van der Waals surface area contributed by atoms with Crippen LogP contribution in [0.25, 0.3) is 0 Å². The van der Waals surface area contributed by atoms with Crippen molar-refractivity contribution in [1.82, 2.24) is 5.32 Å². The topological polar surface area (TPSA) is 67.2 Å². The summed E-state index contributed by atoms with van der Waals surface area (Å²) >= 11 is 4.88. The molecule has 0 aromatic heterocycles. The summed E-state index contributed by atoms with van der Waals surface area (Å²) in [5.74, 6) is 0.0709. The van der Waals surface area contributed by atoms with Crippen LogP contribution in [-0.4, -0.2) is 23.5 Å². The minimum atomic E-state index is 0.0709. The van der Waals surface area contributed by atoms with E-state index in [1.54, 1.807) is 0 Å². The largest absolute Gasteiger partial charge is 0.389 e. The van der Waals surface area contributed by atoms with Crippen LogP contribution in [0.3, 0.4) is 0 Å². The van der Waals surface area contributed by atoms with Gasteiger partial charge in [-0.2, -0.15) is 0 Å². The zero-order valence-corrected chi connectivity index (χ0v) is 12.2. The monoisotopic (exact) mass is 279 g/mol. The van der Waals surface area contributed by atoms with E-state index in [0.29, 0.717) is 18.0 Å². The predicted molar refractivity (Wildman–Crippen MR) is 83.3 cm³/mol. The molecule has 0 heterocycles. The van der Waals surface area contributed by atoms with Crippen LogP contribution < -0.4 is 16.4 Å². The maximum Gasteiger partial charge on any atom is 0.221 e. The number of nitrogens with one attached hydrogen (secondary N) is 2. The standard InChI is InChI=1S/C14H21N3OS/c1-3-10(2)17-13(18)8-9-16-12-6-4-11(5-7-12)14(15)19/h4-7,10,16H,3,8-9H2,1-2H3,(H2,15,19)(H,17,18). The van der Waals surface area contributed by atoms with Crippen molar-refractivity contribution in [3.8, 4) is 0 Å². The first kappa shape index (κ1) is 15.4. The van der Waals surface area contributed by atoms with Gasteiger partial charge in [-0.1, -0.05) is 19.1 Å². The van der Waals surface area contributed by atoms with Gasteiger partial charge in [0.25, 0.3) is 0 Å². The Hall–Kier alpha value is -1.62. The van der Waals surface area contributed by atoms with E-state index in [1.165, 1.54) is 0 Å². The van der Waals surface area contributed by atoms with Crippen LogP contribution in [0, 0.1) is 0 Å². The number of amides is 1. The molecule has 0 bridgehead atoms. The first-order chi connectivity index (χ1) is 9.02. The van der Waals surface area contributed by atoms with Crippen LogP contribution in [0.4, 0.5) is 5.69 Å². The van der Waals surface area contributed by atoms with E-state index in [1.807, 2.05) is 38.1 Å². The highest BCUT2D eigenvalue weighted by Gasteiger charge is 2.04. The third-order valence-corrected chi connectivity index (χ3v) is 3.11. The Labute approximate surface area is 119 Å². The molecule has 0 aliphatic rings. The molecule has 0 aliphatic heterocycles. The number of rotatable bonds is 7. The maximum absolute atomic E-state index is 11.6. The van der Waals surface area contributed by atoms with E-state index >= 15 is 0 Å². The Balaban J connectivity index is 2.33. The predicted octanol–water partition coefficient (Wildman–Crippen LogP) is 2.04. The Kier molecular flexibility index (Phi) is 6.29. The lowest BCUT2D eigenvalue weighted by molar-refractivity contribution is -0.121. The van der Waals surface area contributed by atoms with Gasteiger partial charge in [-0.15, -0.1) is 0 Å². The molecule has 0 aliphatic carbocycles. The molecule has 1 atom stereocenters. The first-order valence-corrected chi connectivity index (χ1v) is 6.87. The summed E-state index contributed by atoms with van der Waals surface area (Å²) in [5, 5.41) is 6.12. The smallest absolute Gasteiger partial charge is 0.221 e. The van der Waals surface area contributed by atoms with Gasteiger partial charge in [0.05, 0.1) is 0 Å². The number of anilines is 1. The molecule has 0 saturated heterocycles. The normalized spacial score (nSPS) is 11.7. The number of carbonyl (C=O) groups excluding carboxylic acids is 1. The zero-order chi connectivity index (χ0) is 14.3. The highest BCUT2D eigenvalue weighted by molar-refractivity contribution is 7.80. The van der Waals surface area contributed by atoms with Crippen molar-refractivity contribution in [2.75, 3.05) is 11.9 Å². The van der Waals surface area contributed by atoms with Crippen molar-refractivity contribution in [2.24, 2.45) is 5.73 Å². The van der Waals surface area contributed by atoms with E-state index in [2.05, 4.69) is 10.6 Å². The fourth-order valence-corrected chi connectivity index (χ4v) is 1.66. The number of hydrogen-bond acceptors (Lipinski definition) is 3. The van der Waals surface area contributed by atoms with Crippen molar-refractivity contribution in [1.29, 1.82) is 0 Å². The second-order valence-corrected chi connectivity index (χ2v) is 4.94. The second-order valence-electron chi connectivity index (χ2n) is 4.50. The lowest BCUT2D eigenvalue weighted by atomic mass is 10.2. The van der Waals surface area contributed by atoms with Gasteiger partial charge in [0.15, 0.2) is 0 Å². The average molecular weight is 279 g/mol. The summed E-state index contributed by atoms with van der Waals surface area (Å²) in [4.78, 5) is 11.9. The third kappa shape index (κ3) is 5.70. The molecular formula is C14H21N3OS. The Morgan fingerprint density at radius 1 is 1.37 bits per heavy atom. The molecule has 5 heteroatoms. The van der Waals surface area contributed by atoms with Crippen molar-refractivity contribution in [3.05, 3.63) is 29.8 Å². The fourth-order valence-electron chi connectivity index (χ4n) is 1.52. The van der Waals surface area contributed by atoms with E-state index in [-0.39, 0.29) is 11.9 Å². The summed E-state index contributed by atoms with van der Waals surface area (Å²) < 4.78 is 0. The molecule has 0 saturated carbocycles. The van der Waals surface area contributed by atoms with Gasteiger partial charge in [-0.25, -0.2) is 0 Å². The van der Waals surface area contributed by atoms with Crippen LogP contribution >= 0.6 is 12.2 Å². The van der Waals surface area contributed by atoms with Gasteiger partial charge >= 0.3 is 0 Å².